The van der Waals surface area contributed by atoms with E-state index < -0.39 is 0 Å². The summed E-state index contributed by atoms with van der Waals surface area (Å²) in [6, 6.07) is 6.13. The van der Waals surface area contributed by atoms with Crippen LogP contribution in [0.1, 0.15) is 18.9 Å². The molecule has 4 heteroatoms. The lowest BCUT2D eigenvalue weighted by atomic mass is 9.95. The van der Waals surface area contributed by atoms with Gasteiger partial charge in [0.1, 0.15) is 0 Å². The number of nitrogens with zero attached hydrogens (tertiary/aromatic N) is 1. The number of benzene rings is 1. The number of hydrogen-bond acceptors (Lipinski definition) is 1. The monoisotopic (exact) mass is 291 g/mol. The summed E-state index contributed by atoms with van der Waals surface area (Å²) < 4.78 is 0. The van der Waals surface area contributed by atoms with Crippen LogP contribution in [0.3, 0.4) is 0 Å². The van der Waals surface area contributed by atoms with Crippen LogP contribution in [0.2, 0.25) is 10.0 Å². The summed E-state index contributed by atoms with van der Waals surface area (Å²) in [6.07, 6.45) is 1.32. The van der Waals surface area contributed by atoms with E-state index in [-0.39, 0.29) is 12.4 Å². The molecule has 0 aromatic heterocycles. The molecule has 1 nitrogen and oxygen atoms in total. The van der Waals surface area contributed by atoms with Crippen molar-refractivity contribution in [1.82, 2.24) is 4.90 Å². The van der Waals surface area contributed by atoms with E-state index in [9.17, 15) is 0 Å². The fourth-order valence-electron chi connectivity index (χ4n) is 3.08. The zero-order chi connectivity index (χ0) is 11.3. The maximum atomic E-state index is 6.10. The molecule has 1 aromatic carbocycles. The Morgan fingerprint density at radius 1 is 1.35 bits per heavy atom. The molecule has 1 saturated heterocycles. The van der Waals surface area contributed by atoms with Crippen LogP contribution in [0.25, 0.3) is 0 Å². The standard InChI is InChI=1S/C13H15Cl2N.ClH/c1-2-16-7-10-6-13(10,8-16)9-3-4-11(14)12(15)5-9;/h3-5,10H,2,6-8H2,1H3;1H/t10-,13+;/m1./s1. The molecule has 1 saturated carbocycles. The number of likely N-dealkylation sites (tertiary alicyclic amines) is 1. The molecule has 0 N–H and O–H groups in total. The second-order valence-electron chi connectivity index (χ2n) is 5.01. The van der Waals surface area contributed by atoms with E-state index >= 15 is 0 Å². The highest BCUT2D eigenvalue weighted by Gasteiger charge is 2.60. The first-order valence-corrected chi connectivity index (χ1v) is 6.59. The highest BCUT2D eigenvalue weighted by atomic mass is 35.5. The zero-order valence-electron chi connectivity index (χ0n) is 9.75. The average Bonchev–Trinajstić information content (AvgIpc) is 2.86. The third kappa shape index (κ3) is 2.08. The van der Waals surface area contributed by atoms with Gasteiger partial charge < -0.3 is 4.90 Å². The summed E-state index contributed by atoms with van der Waals surface area (Å²) in [5.41, 5.74) is 1.77. The minimum Gasteiger partial charge on any atom is -0.302 e. The quantitative estimate of drug-likeness (QED) is 0.796. The van der Waals surface area contributed by atoms with Gasteiger partial charge in [-0.25, -0.2) is 0 Å². The van der Waals surface area contributed by atoms with Gasteiger partial charge in [-0.2, -0.15) is 0 Å². The van der Waals surface area contributed by atoms with Crippen molar-refractivity contribution in [1.29, 1.82) is 0 Å². The van der Waals surface area contributed by atoms with Gasteiger partial charge in [-0.15, -0.1) is 12.4 Å². The molecule has 2 fully saturated rings. The number of halogens is 3. The van der Waals surface area contributed by atoms with Crippen molar-refractivity contribution < 1.29 is 0 Å². The maximum absolute atomic E-state index is 6.10. The predicted molar refractivity (Wildman–Crippen MR) is 75.6 cm³/mol. The minimum atomic E-state index is 0. The molecule has 0 amide bonds. The van der Waals surface area contributed by atoms with E-state index in [1.54, 1.807) is 0 Å². The number of piperidine rings is 1. The molecular weight excluding hydrogens is 277 g/mol. The Kier molecular flexibility index (Phi) is 3.66. The normalized spacial score (nSPS) is 30.9. The van der Waals surface area contributed by atoms with E-state index in [1.165, 1.54) is 25.1 Å². The fourth-order valence-corrected chi connectivity index (χ4v) is 3.38. The summed E-state index contributed by atoms with van der Waals surface area (Å²) in [5, 5.41) is 1.35. The molecule has 1 heterocycles. The lowest BCUT2D eigenvalue weighted by Crippen LogP contribution is -2.26. The first-order chi connectivity index (χ1) is 7.65. The summed E-state index contributed by atoms with van der Waals surface area (Å²) in [5.74, 6) is 0.838. The van der Waals surface area contributed by atoms with Crippen LogP contribution < -0.4 is 0 Å². The number of hydrogen-bond donors (Lipinski definition) is 0. The summed E-state index contributed by atoms with van der Waals surface area (Å²) in [6.45, 7) is 5.82. The van der Waals surface area contributed by atoms with Gasteiger partial charge in [0, 0.05) is 18.5 Å². The van der Waals surface area contributed by atoms with Crippen LogP contribution in [-0.4, -0.2) is 24.5 Å². The molecule has 0 radical (unpaired) electrons. The number of rotatable bonds is 2. The molecule has 0 bridgehead atoms. The van der Waals surface area contributed by atoms with E-state index in [4.69, 9.17) is 23.2 Å². The smallest absolute Gasteiger partial charge is 0.0595 e. The molecule has 1 aliphatic heterocycles. The van der Waals surface area contributed by atoms with Crippen molar-refractivity contribution in [3.63, 3.8) is 0 Å². The molecule has 0 spiro atoms. The van der Waals surface area contributed by atoms with Gasteiger partial charge in [-0.1, -0.05) is 36.2 Å². The Hall–Kier alpha value is 0.0500. The van der Waals surface area contributed by atoms with Gasteiger partial charge in [-0.05, 0) is 36.6 Å². The Bertz CT molecular complexity index is 435. The predicted octanol–water partition coefficient (Wildman–Crippen LogP) is 4.01. The molecule has 1 aromatic rings. The van der Waals surface area contributed by atoms with Gasteiger partial charge in [-0.3, -0.25) is 0 Å². The molecule has 3 rings (SSSR count). The topological polar surface area (TPSA) is 3.24 Å². The lowest BCUT2D eigenvalue weighted by molar-refractivity contribution is 0.314. The van der Waals surface area contributed by atoms with Crippen LogP contribution in [0.15, 0.2) is 18.2 Å². The van der Waals surface area contributed by atoms with Crippen LogP contribution >= 0.6 is 35.6 Å². The van der Waals surface area contributed by atoms with E-state index in [0.717, 1.165) is 12.5 Å². The molecule has 94 valence electrons. The van der Waals surface area contributed by atoms with Gasteiger partial charge in [0.05, 0.1) is 10.0 Å². The average molecular weight is 293 g/mol. The second kappa shape index (κ2) is 4.62. The second-order valence-corrected chi connectivity index (χ2v) is 5.83. The number of likely N-dealkylation sites (N-methyl/N-ethyl adjacent to an activating group) is 1. The SMILES string of the molecule is CCN1C[C@H]2C[C@@]2(c2ccc(Cl)c(Cl)c2)C1.Cl. The van der Waals surface area contributed by atoms with E-state index in [2.05, 4.69) is 24.0 Å². The van der Waals surface area contributed by atoms with Crippen molar-refractivity contribution in [3.8, 4) is 0 Å². The third-order valence-corrected chi connectivity index (χ3v) is 4.90. The van der Waals surface area contributed by atoms with Crippen LogP contribution in [0.5, 0.6) is 0 Å². The Labute approximate surface area is 118 Å². The molecule has 2 aliphatic rings. The van der Waals surface area contributed by atoms with E-state index in [0.29, 0.717) is 15.5 Å². The Balaban J connectivity index is 0.00000108. The van der Waals surface area contributed by atoms with Crippen molar-refractivity contribution in [3.05, 3.63) is 33.8 Å². The molecule has 1 aliphatic carbocycles. The third-order valence-electron chi connectivity index (χ3n) is 4.16. The van der Waals surface area contributed by atoms with E-state index in [1.807, 2.05) is 6.07 Å². The molecule has 17 heavy (non-hydrogen) atoms. The molecule has 0 unspecified atom stereocenters. The van der Waals surface area contributed by atoms with Crippen molar-refractivity contribution in [2.24, 2.45) is 5.92 Å². The highest BCUT2D eigenvalue weighted by Crippen LogP contribution is 2.59. The van der Waals surface area contributed by atoms with Gasteiger partial charge in [0.2, 0.25) is 0 Å². The lowest BCUT2D eigenvalue weighted by Gasteiger charge is -2.19. The van der Waals surface area contributed by atoms with Gasteiger partial charge in [0.15, 0.2) is 0 Å². The Morgan fingerprint density at radius 2 is 2.12 bits per heavy atom. The highest BCUT2D eigenvalue weighted by molar-refractivity contribution is 6.42. The maximum Gasteiger partial charge on any atom is 0.0595 e. The van der Waals surface area contributed by atoms with Crippen molar-refractivity contribution in [2.45, 2.75) is 18.8 Å². The van der Waals surface area contributed by atoms with Gasteiger partial charge >= 0.3 is 0 Å². The van der Waals surface area contributed by atoms with Crippen LogP contribution in [0, 0.1) is 5.92 Å². The summed E-state index contributed by atoms with van der Waals surface area (Å²) >= 11 is 12.1. The molecular formula is C13H16Cl3N. The van der Waals surface area contributed by atoms with Gasteiger partial charge in [0.25, 0.3) is 0 Å². The first kappa shape index (κ1) is 13.5. The fraction of sp³-hybridized carbons (Fsp3) is 0.538. The van der Waals surface area contributed by atoms with Crippen molar-refractivity contribution >= 4 is 35.6 Å². The zero-order valence-corrected chi connectivity index (χ0v) is 12.1. The summed E-state index contributed by atoms with van der Waals surface area (Å²) in [7, 11) is 0. The van der Waals surface area contributed by atoms with Crippen LogP contribution in [-0.2, 0) is 5.41 Å². The number of fused-ring (bicyclic) bond motifs is 1. The van der Waals surface area contributed by atoms with Crippen LogP contribution in [0.4, 0.5) is 0 Å². The first-order valence-electron chi connectivity index (χ1n) is 5.83. The Morgan fingerprint density at radius 3 is 2.71 bits per heavy atom. The van der Waals surface area contributed by atoms with Crippen molar-refractivity contribution in [2.75, 3.05) is 19.6 Å². The minimum absolute atomic E-state index is 0. The largest absolute Gasteiger partial charge is 0.302 e. The molecule has 2 atom stereocenters. The summed E-state index contributed by atoms with van der Waals surface area (Å²) in [4.78, 5) is 2.52.